The summed E-state index contributed by atoms with van der Waals surface area (Å²) < 4.78 is 1.70. The van der Waals surface area contributed by atoms with Gasteiger partial charge in [0.2, 0.25) is 11.8 Å². The summed E-state index contributed by atoms with van der Waals surface area (Å²) in [5.74, 6) is -0.513. The predicted octanol–water partition coefficient (Wildman–Crippen LogP) is 2.30. The largest absolute Gasteiger partial charge is 0.352 e. The molecular weight excluding hydrogens is 352 g/mol. The van der Waals surface area contributed by atoms with Crippen LogP contribution < -0.4 is 10.6 Å². The van der Waals surface area contributed by atoms with Gasteiger partial charge >= 0.3 is 0 Å². The number of hydrogen-bond donors (Lipinski definition) is 2. The lowest BCUT2D eigenvalue weighted by Crippen LogP contribution is -2.37. The van der Waals surface area contributed by atoms with Crippen LogP contribution in [-0.4, -0.2) is 34.2 Å². The fraction of sp³-hybridized carbons (Fsp3) is 0.316. The molecule has 0 saturated heterocycles. The minimum atomic E-state index is -0.345. The van der Waals surface area contributed by atoms with E-state index in [0.29, 0.717) is 17.3 Å². The number of carbonyl (C=O) groups is 2. The van der Waals surface area contributed by atoms with E-state index in [2.05, 4.69) is 15.7 Å². The molecule has 7 heteroatoms. The molecule has 0 bridgehead atoms. The standard InChI is InChI=1S/C19H21ClN4O2/c1-13-16(9-10-17(25)21-11-18(26)22-15-7-8-15)19(20)24(23-13)12-14-5-3-2-4-6-14/h2-6,9-10,15H,7-8,11-12H2,1H3,(H,21,25)(H,22,26)/b10-9+. The SMILES string of the molecule is Cc1nn(Cc2ccccc2)c(Cl)c1/C=C/C(=O)NCC(=O)NC1CC1. The molecule has 1 aromatic heterocycles. The third kappa shape index (κ3) is 4.95. The van der Waals surface area contributed by atoms with Gasteiger partial charge in [0, 0.05) is 17.7 Å². The molecule has 3 rings (SSSR count). The first-order valence-corrected chi connectivity index (χ1v) is 8.93. The van der Waals surface area contributed by atoms with Gasteiger partial charge in [0.25, 0.3) is 0 Å². The van der Waals surface area contributed by atoms with Gasteiger partial charge in [-0.05, 0) is 31.4 Å². The molecule has 2 aromatic rings. The van der Waals surface area contributed by atoms with Gasteiger partial charge in [0.15, 0.2) is 0 Å². The fourth-order valence-corrected chi connectivity index (χ4v) is 2.81. The second-order valence-electron chi connectivity index (χ2n) is 6.33. The van der Waals surface area contributed by atoms with Gasteiger partial charge in [-0.15, -0.1) is 0 Å². The Hall–Kier alpha value is -2.60. The molecule has 2 amide bonds. The first kappa shape index (κ1) is 18.2. The quantitative estimate of drug-likeness (QED) is 0.732. The molecule has 0 spiro atoms. The van der Waals surface area contributed by atoms with E-state index < -0.39 is 0 Å². The maximum absolute atomic E-state index is 11.9. The van der Waals surface area contributed by atoms with E-state index in [4.69, 9.17) is 11.6 Å². The monoisotopic (exact) mass is 372 g/mol. The van der Waals surface area contributed by atoms with Crippen molar-refractivity contribution in [3.05, 3.63) is 58.4 Å². The van der Waals surface area contributed by atoms with Crippen LogP contribution in [0.15, 0.2) is 36.4 Å². The number of nitrogens with zero attached hydrogens (tertiary/aromatic N) is 2. The minimum Gasteiger partial charge on any atom is -0.352 e. The Bertz CT molecular complexity index is 826. The van der Waals surface area contributed by atoms with Gasteiger partial charge in [-0.2, -0.15) is 5.10 Å². The molecule has 2 N–H and O–H groups in total. The molecule has 0 atom stereocenters. The number of carbonyl (C=O) groups excluding carboxylic acids is 2. The van der Waals surface area contributed by atoms with Crippen molar-refractivity contribution in [2.75, 3.05) is 6.54 Å². The Kier molecular flexibility index (Phi) is 5.73. The average Bonchev–Trinajstić information content (AvgIpc) is 3.39. The van der Waals surface area contributed by atoms with Crippen LogP contribution in [0, 0.1) is 6.92 Å². The van der Waals surface area contributed by atoms with Gasteiger partial charge in [0.05, 0.1) is 18.8 Å². The second-order valence-corrected chi connectivity index (χ2v) is 6.68. The zero-order chi connectivity index (χ0) is 18.5. The zero-order valence-corrected chi connectivity index (χ0v) is 15.3. The van der Waals surface area contributed by atoms with Crippen molar-refractivity contribution in [2.24, 2.45) is 0 Å². The van der Waals surface area contributed by atoms with Gasteiger partial charge in [-0.25, -0.2) is 4.68 Å². The lowest BCUT2D eigenvalue weighted by Gasteiger charge is -2.04. The molecular formula is C19H21ClN4O2. The summed E-state index contributed by atoms with van der Waals surface area (Å²) in [5.41, 5.74) is 2.52. The zero-order valence-electron chi connectivity index (χ0n) is 14.5. The highest BCUT2D eigenvalue weighted by Gasteiger charge is 2.23. The molecule has 1 saturated carbocycles. The van der Waals surface area contributed by atoms with Crippen molar-refractivity contribution in [1.29, 1.82) is 0 Å². The van der Waals surface area contributed by atoms with Crippen LogP contribution in [0.1, 0.15) is 29.7 Å². The third-order valence-electron chi connectivity index (χ3n) is 4.05. The lowest BCUT2D eigenvalue weighted by atomic mass is 10.2. The molecule has 0 radical (unpaired) electrons. The maximum Gasteiger partial charge on any atom is 0.244 e. The normalized spacial score (nSPS) is 13.8. The minimum absolute atomic E-state index is 0.0281. The lowest BCUT2D eigenvalue weighted by molar-refractivity contribution is -0.124. The van der Waals surface area contributed by atoms with Crippen LogP contribution >= 0.6 is 11.6 Å². The topological polar surface area (TPSA) is 76.0 Å². The molecule has 136 valence electrons. The second kappa shape index (κ2) is 8.19. The number of halogens is 1. The Labute approximate surface area is 157 Å². The molecule has 0 unspecified atom stereocenters. The molecule has 1 fully saturated rings. The van der Waals surface area contributed by atoms with Crippen LogP contribution in [0.4, 0.5) is 0 Å². The highest BCUT2D eigenvalue weighted by Crippen LogP contribution is 2.22. The van der Waals surface area contributed by atoms with E-state index in [1.54, 1.807) is 10.8 Å². The first-order chi connectivity index (χ1) is 12.5. The Morgan fingerprint density at radius 2 is 2.04 bits per heavy atom. The molecule has 1 aliphatic rings. The Morgan fingerprint density at radius 3 is 2.73 bits per heavy atom. The van der Waals surface area contributed by atoms with Crippen molar-refractivity contribution in [2.45, 2.75) is 32.4 Å². The van der Waals surface area contributed by atoms with E-state index >= 15 is 0 Å². The van der Waals surface area contributed by atoms with Crippen molar-refractivity contribution < 1.29 is 9.59 Å². The van der Waals surface area contributed by atoms with E-state index in [9.17, 15) is 9.59 Å². The van der Waals surface area contributed by atoms with Gasteiger partial charge < -0.3 is 10.6 Å². The predicted molar refractivity (Wildman–Crippen MR) is 101 cm³/mol. The van der Waals surface area contributed by atoms with E-state index in [-0.39, 0.29) is 24.4 Å². The summed E-state index contributed by atoms with van der Waals surface area (Å²) in [6.07, 6.45) is 5.03. The molecule has 1 aromatic carbocycles. The van der Waals surface area contributed by atoms with Gasteiger partial charge in [-0.3, -0.25) is 9.59 Å². The molecule has 0 aliphatic heterocycles. The van der Waals surface area contributed by atoms with Crippen molar-refractivity contribution in [3.63, 3.8) is 0 Å². The van der Waals surface area contributed by atoms with Crippen molar-refractivity contribution >= 4 is 29.5 Å². The Balaban J connectivity index is 1.58. The molecule has 6 nitrogen and oxygen atoms in total. The van der Waals surface area contributed by atoms with E-state index in [0.717, 1.165) is 24.1 Å². The Morgan fingerprint density at radius 1 is 1.31 bits per heavy atom. The summed E-state index contributed by atoms with van der Waals surface area (Å²) in [6, 6.07) is 10.2. The number of hydrogen-bond acceptors (Lipinski definition) is 3. The van der Waals surface area contributed by atoms with Crippen molar-refractivity contribution in [3.8, 4) is 0 Å². The fourth-order valence-electron chi connectivity index (χ4n) is 2.51. The number of amides is 2. The van der Waals surface area contributed by atoms with Crippen LogP contribution in [0.25, 0.3) is 6.08 Å². The highest BCUT2D eigenvalue weighted by atomic mass is 35.5. The smallest absolute Gasteiger partial charge is 0.244 e. The maximum atomic E-state index is 11.9. The first-order valence-electron chi connectivity index (χ1n) is 8.55. The van der Waals surface area contributed by atoms with E-state index in [1.165, 1.54) is 6.08 Å². The van der Waals surface area contributed by atoms with Crippen LogP contribution in [0.5, 0.6) is 0 Å². The van der Waals surface area contributed by atoms with E-state index in [1.807, 2.05) is 37.3 Å². The number of nitrogens with one attached hydrogen (secondary N) is 2. The molecule has 1 heterocycles. The average molecular weight is 373 g/mol. The molecule has 26 heavy (non-hydrogen) atoms. The number of rotatable bonds is 7. The summed E-state index contributed by atoms with van der Waals surface area (Å²) in [6.45, 7) is 2.37. The molecule has 1 aliphatic carbocycles. The summed E-state index contributed by atoms with van der Waals surface area (Å²) in [7, 11) is 0. The highest BCUT2D eigenvalue weighted by molar-refractivity contribution is 6.31. The van der Waals surface area contributed by atoms with Crippen LogP contribution in [-0.2, 0) is 16.1 Å². The van der Waals surface area contributed by atoms with Crippen LogP contribution in [0.3, 0.4) is 0 Å². The summed E-state index contributed by atoms with van der Waals surface area (Å²) in [5, 5.41) is 10.3. The van der Waals surface area contributed by atoms with Gasteiger partial charge in [-0.1, -0.05) is 41.9 Å². The van der Waals surface area contributed by atoms with Crippen LogP contribution in [0.2, 0.25) is 5.15 Å². The summed E-state index contributed by atoms with van der Waals surface area (Å²) in [4.78, 5) is 23.5. The summed E-state index contributed by atoms with van der Waals surface area (Å²) >= 11 is 6.41. The van der Waals surface area contributed by atoms with Crippen molar-refractivity contribution in [1.82, 2.24) is 20.4 Å². The number of aryl methyl sites for hydroxylation is 1. The van der Waals surface area contributed by atoms with Gasteiger partial charge in [0.1, 0.15) is 5.15 Å². The number of benzene rings is 1. The number of aromatic nitrogens is 2. The third-order valence-corrected chi connectivity index (χ3v) is 4.45.